The third kappa shape index (κ3) is 2.71. The fraction of sp³-hybridized carbons (Fsp3) is 0.526. The Morgan fingerprint density at radius 3 is 2.80 bits per heavy atom. The second kappa shape index (κ2) is 6.54. The zero-order valence-corrected chi connectivity index (χ0v) is 14.6. The van der Waals surface area contributed by atoms with Crippen molar-refractivity contribution in [3.63, 3.8) is 0 Å². The van der Waals surface area contributed by atoms with Crippen molar-refractivity contribution in [2.24, 2.45) is 11.8 Å². The number of aromatic hydroxyl groups is 1. The van der Waals surface area contributed by atoms with Crippen molar-refractivity contribution in [2.75, 3.05) is 14.2 Å². The molecule has 1 aliphatic carbocycles. The van der Waals surface area contributed by atoms with Crippen LogP contribution < -0.4 is 4.74 Å². The van der Waals surface area contributed by atoms with Crippen molar-refractivity contribution in [2.45, 2.75) is 38.4 Å². The highest BCUT2D eigenvalue weighted by Crippen LogP contribution is 2.55. The van der Waals surface area contributed by atoms with Gasteiger partial charge in [0.05, 0.1) is 18.6 Å². The van der Waals surface area contributed by atoms with Gasteiger partial charge in [0.15, 0.2) is 0 Å². The highest BCUT2D eigenvalue weighted by atomic mass is 16.7. The van der Waals surface area contributed by atoms with Gasteiger partial charge in [0.2, 0.25) is 5.79 Å². The lowest BCUT2D eigenvalue weighted by Gasteiger charge is -2.39. The standard InChI is InChI=1S/C19H22O6/c1-4-5-13-16(21)7-6-11-8-12(10-20)19(24-3,25-17(11)13)15-9-14(15)18(22)23-2/h6-7,14-15,21H,4-5,8-9H2,1-3H3. The zero-order valence-electron chi connectivity index (χ0n) is 14.6. The third-order valence-electron chi connectivity index (χ3n) is 5.07. The number of carbonyl (C=O) groups is 1. The molecule has 1 N–H and O–H groups in total. The fourth-order valence-corrected chi connectivity index (χ4v) is 3.70. The predicted molar refractivity (Wildman–Crippen MR) is 89.0 cm³/mol. The van der Waals surface area contributed by atoms with Gasteiger partial charge in [0, 0.05) is 25.0 Å². The maximum atomic E-state index is 11.9. The van der Waals surface area contributed by atoms with Gasteiger partial charge >= 0.3 is 5.97 Å². The van der Waals surface area contributed by atoms with Gasteiger partial charge < -0.3 is 19.3 Å². The number of carbonyl (C=O) groups excluding carboxylic acids is 2. The second-order valence-corrected chi connectivity index (χ2v) is 6.50. The first-order valence-corrected chi connectivity index (χ1v) is 8.42. The van der Waals surface area contributed by atoms with Crippen LogP contribution in [0.5, 0.6) is 11.5 Å². The summed E-state index contributed by atoms with van der Waals surface area (Å²) in [5.74, 6) is 0.278. The Labute approximate surface area is 146 Å². The number of phenols is 1. The molecule has 1 saturated carbocycles. The summed E-state index contributed by atoms with van der Waals surface area (Å²) < 4.78 is 16.7. The van der Waals surface area contributed by atoms with Crippen molar-refractivity contribution >= 4 is 11.9 Å². The van der Waals surface area contributed by atoms with Gasteiger partial charge in [0.1, 0.15) is 17.4 Å². The van der Waals surface area contributed by atoms with Crippen LogP contribution in [0.25, 0.3) is 0 Å². The van der Waals surface area contributed by atoms with Crippen LogP contribution in [0.3, 0.4) is 0 Å². The van der Waals surface area contributed by atoms with E-state index in [1.807, 2.05) is 12.9 Å². The smallest absolute Gasteiger partial charge is 0.309 e. The van der Waals surface area contributed by atoms with Crippen LogP contribution in [0, 0.1) is 11.8 Å². The van der Waals surface area contributed by atoms with Crippen molar-refractivity contribution < 1.29 is 28.9 Å². The molecule has 1 aliphatic heterocycles. The van der Waals surface area contributed by atoms with Gasteiger partial charge in [-0.3, -0.25) is 4.79 Å². The van der Waals surface area contributed by atoms with Crippen LogP contribution in [0.1, 0.15) is 30.9 Å². The van der Waals surface area contributed by atoms with Gasteiger partial charge in [-0.25, -0.2) is 4.79 Å². The number of ether oxygens (including phenoxy) is 3. The molecule has 3 unspecified atom stereocenters. The first kappa shape index (κ1) is 17.5. The van der Waals surface area contributed by atoms with Crippen molar-refractivity contribution in [3.05, 3.63) is 28.8 Å². The molecular weight excluding hydrogens is 324 g/mol. The number of phenolic OH excluding ortho intramolecular Hbond substituents is 1. The molecule has 0 saturated heterocycles. The molecule has 0 spiro atoms. The first-order chi connectivity index (χ1) is 12.0. The summed E-state index contributed by atoms with van der Waals surface area (Å²) in [5, 5.41) is 10.2. The lowest BCUT2D eigenvalue weighted by molar-refractivity contribution is -0.164. The molecule has 6 nitrogen and oxygen atoms in total. The van der Waals surface area contributed by atoms with Gasteiger partial charge in [0.25, 0.3) is 0 Å². The van der Waals surface area contributed by atoms with E-state index in [0.717, 1.165) is 12.0 Å². The summed E-state index contributed by atoms with van der Waals surface area (Å²) in [6.45, 7) is 2.01. The van der Waals surface area contributed by atoms with Crippen LogP contribution in [0.15, 0.2) is 17.7 Å². The molecule has 0 amide bonds. The lowest BCUT2D eigenvalue weighted by atomic mass is 9.88. The summed E-state index contributed by atoms with van der Waals surface area (Å²) >= 11 is 0. The maximum absolute atomic E-state index is 11.9. The number of methoxy groups -OCH3 is 2. The molecular formula is C19H22O6. The summed E-state index contributed by atoms with van der Waals surface area (Å²) in [4.78, 5) is 23.5. The van der Waals surface area contributed by atoms with Crippen LogP contribution in [0.4, 0.5) is 0 Å². The van der Waals surface area contributed by atoms with Gasteiger partial charge in [-0.1, -0.05) is 19.4 Å². The average molecular weight is 346 g/mol. The topological polar surface area (TPSA) is 82.1 Å². The highest BCUT2D eigenvalue weighted by molar-refractivity contribution is 5.76. The number of esters is 1. The highest BCUT2D eigenvalue weighted by Gasteiger charge is 2.62. The lowest BCUT2D eigenvalue weighted by Crippen LogP contribution is -2.47. The zero-order chi connectivity index (χ0) is 18.2. The van der Waals surface area contributed by atoms with E-state index >= 15 is 0 Å². The van der Waals surface area contributed by atoms with Crippen LogP contribution >= 0.6 is 0 Å². The number of hydrogen-bond donors (Lipinski definition) is 1. The van der Waals surface area contributed by atoms with Gasteiger partial charge in [-0.05, 0) is 24.5 Å². The predicted octanol–water partition coefficient (Wildman–Crippen LogP) is 2.19. The summed E-state index contributed by atoms with van der Waals surface area (Å²) in [6, 6.07) is 3.36. The van der Waals surface area contributed by atoms with Crippen molar-refractivity contribution in [1.82, 2.24) is 0 Å². The molecule has 2 aliphatic rings. The first-order valence-electron chi connectivity index (χ1n) is 8.42. The van der Waals surface area contributed by atoms with E-state index in [0.29, 0.717) is 36.1 Å². The van der Waals surface area contributed by atoms with Crippen molar-refractivity contribution in [3.8, 4) is 11.5 Å². The molecule has 1 aromatic carbocycles. The fourth-order valence-electron chi connectivity index (χ4n) is 3.70. The van der Waals surface area contributed by atoms with E-state index in [4.69, 9.17) is 14.2 Å². The van der Waals surface area contributed by atoms with Crippen LogP contribution in [-0.2, 0) is 31.9 Å². The van der Waals surface area contributed by atoms with E-state index in [1.165, 1.54) is 14.2 Å². The number of benzene rings is 1. The minimum Gasteiger partial charge on any atom is -0.508 e. The largest absolute Gasteiger partial charge is 0.508 e. The molecule has 1 fully saturated rings. The van der Waals surface area contributed by atoms with E-state index < -0.39 is 5.79 Å². The van der Waals surface area contributed by atoms with E-state index in [9.17, 15) is 14.7 Å². The minimum atomic E-state index is -1.34. The summed E-state index contributed by atoms with van der Waals surface area (Å²) in [6.07, 6.45) is 2.30. The maximum Gasteiger partial charge on any atom is 0.309 e. The molecule has 3 rings (SSSR count). The normalized spacial score (nSPS) is 27.1. The van der Waals surface area contributed by atoms with E-state index in [-0.39, 0.29) is 23.6 Å². The molecule has 25 heavy (non-hydrogen) atoms. The summed E-state index contributed by atoms with van der Waals surface area (Å²) in [7, 11) is 2.79. The quantitative estimate of drug-likeness (QED) is 0.650. The monoisotopic (exact) mass is 346 g/mol. The number of fused-ring (bicyclic) bond motifs is 1. The van der Waals surface area contributed by atoms with Crippen LogP contribution in [0.2, 0.25) is 0 Å². The molecule has 1 heterocycles. The Balaban J connectivity index is 2.06. The molecule has 134 valence electrons. The molecule has 0 aromatic heterocycles. The Kier molecular flexibility index (Phi) is 4.58. The molecule has 0 bridgehead atoms. The molecule has 1 aromatic rings. The van der Waals surface area contributed by atoms with E-state index in [2.05, 4.69) is 0 Å². The van der Waals surface area contributed by atoms with Gasteiger partial charge in [-0.2, -0.15) is 0 Å². The Morgan fingerprint density at radius 2 is 2.20 bits per heavy atom. The SMILES string of the molecule is CCCc1c(O)ccc2c1OC(OC)(C1CC1C(=O)OC)C(=C=O)C2. The Morgan fingerprint density at radius 1 is 1.44 bits per heavy atom. The number of rotatable bonds is 5. The molecule has 6 heteroatoms. The Bertz CT molecular complexity index is 749. The molecule has 3 atom stereocenters. The third-order valence-corrected chi connectivity index (χ3v) is 5.07. The second-order valence-electron chi connectivity index (χ2n) is 6.50. The molecule has 0 radical (unpaired) electrons. The van der Waals surface area contributed by atoms with Gasteiger partial charge in [-0.15, -0.1) is 0 Å². The minimum absolute atomic E-state index is 0.157. The van der Waals surface area contributed by atoms with Crippen molar-refractivity contribution in [1.29, 1.82) is 0 Å². The van der Waals surface area contributed by atoms with E-state index in [1.54, 1.807) is 12.1 Å². The van der Waals surface area contributed by atoms with Crippen LogP contribution in [-0.4, -0.2) is 37.0 Å². The number of hydrogen-bond acceptors (Lipinski definition) is 6. The summed E-state index contributed by atoms with van der Waals surface area (Å²) in [5.41, 5.74) is 1.83. The Hall–Kier alpha value is -2.30. The average Bonchev–Trinajstić information content (AvgIpc) is 3.43.